The van der Waals surface area contributed by atoms with Crippen molar-refractivity contribution in [2.45, 2.75) is 24.5 Å². The summed E-state index contributed by atoms with van der Waals surface area (Å²) in [5.41, 5.74) is -0.989. The first-order chi connectivity index (χ1) is 12.8. The first-order valence-electron chi connectivity index (χ1n) is 7.77. The van der Waals surface area contributed by atoms with Crippen LogP contribution < -0.4 is 15.3 Å². The molecule has 1 aliphatic rings. The fraction of sp³-hybridized carbons (Fsp3) is 0.333. The summed E-state index contributed by atoms with van der Waals surface area (Å²) in [5.74, 6) is -0.716. The molecule has 2 aromatic rings. The highest BCUT2D eigenvalue weighted by Crippen LogP contribution is 2.48. The maximum absolute atomic E-state index is 12.2. The Labute approximate surface area is 152 Å². The van der Waals surface area contributed by atoms with E-state index < -0.39 is 50.5 Å². The molecule has 0 radical (unpaired) electrons. The Hall–Kier alpha value is -2.27. The van der Waals surface area contributed by atoms with E-state index in [1.54, 1.807) is 18.2 Å². The molecule has 0 spiro atoms. The number of aliphatic hydroxyl groups is 2. The Morgan fingerprint density at radius 1 is 1.30 bits per heavy atom. The van der Waals surface area contributed by atoms with Gasteiger partial charge in [-0.25, -0.2) is 14.3 Å². The Bertz CT molecular complexity index is 890. The molecule has 27 heavy (non-hydrogen) atoms. The minimum absolute atomic E-state index is 0.0558. The van der Waals surface area contributed by atoms with Crippen molar-refractivity contribution in [1.82, 2.24) is 9.55 Å². The van der Waals surface area contributed by atoms with Crippen molar-refractivity contribution in [3.8, 4) is 11.6 Å². The van der Waals surface area contributed by atoms with Crippen LogP contribution in [0.25, 0.3) is 0 Å². The molecule has 1 aliphatic heterocycles. The Kier molecular flexibility index (Phi) is 5.61. The van der Waals surface area contributed by atoms with Gasteiger partial charge in [0.2, 0.25) is 0 Å². The zero-order valence-corrected chi connectivity index (χ0v) is 14.6. The molecule has 5 atom stereocenters. The van der Waals surface area contributed by atoms with E-state index in [2.05, 4.69) is 4.98 Å². The highest BCUT2D eigenvalue weighted by Gasteiger charge is 2.49. The number of hydrogen-bond donors (Lipinski definition) is 3. The normalized spacial score (nSPS) is 27.2. The number of aromatic nitrogens is 2. The van der Waals surface area contributed by atoms with E-state index in [0.717, 1.165) is 16.8 Å². The largest absolute Gasteiger partial charge is 0.858 e. The van der Waals surface area contributed by atoms with E-state index in [4.69, 9.17) is 13.8 Å². The second-order valence-corrected chi connectivity index (χ2v) is 6.97. The number of aliphatic hydroxyl groups excluding tert-OH is 2. The van der Waals surface area contributed by atoms with Crippen LogP contribution in [-0.4, -0.2) is 49.6 Å². The maximum Gasteiger partial charge on any atom is 0.527 e. The van der Waals surface area contributed by atoms with Gasteiger partial charge in [0.05, 0.1) is 6.61 Å². The lowest BCUT2D eigenvalue weighted by atomic mass is 10.1. The third-order valence-electron chi connectivity index (χ3n) is 3.79. The van der Waals surface area contributed by atoms with Crippen molar-refractivity contribution < 1.29 is 38.6 Å². The van der Waals surface area contributed by atoms with Gasteiger partial charge in [-0.15, -0.1) is 0 Å². The molecule has 1 fully saturated rings. The van der Waals surface area contributed by atoms with Crippen LogP contribution in [0.5, 0.6) is 11.6 Å². The van der Waals surface area contributed by atoms with Gasteiger partial charge in [0.25, 0.3) is 0 Å². The molecule has 2 heterocycles. The minimum Gasteiger partial charge on any atom is -0.858 e. The van der Waals surface area contributed by atoms with E-state index in [1.165, 1.54) is 12.1 Å². The standard InChI is InChI=1S/C15H17N2O9P/c18-8-10-13(26-27(22,23)25-9-4-2-1-3-5-9)12(20)14(24-10)17-7-6-11(19)16-15(17)21/h1-7,10,12-14,18,20H,8H2,(H,22,23)(H,16,19,21)/p-1/t10-,12-,13-,14-/m1/s1. The van der Waals surface area contributed by atoms with Crippen LogP contribution in [0.4, 0.5) is 0 Å². The van der Waals surface area contributed by atoms with Gasteiger partial charge in [0, 0.05) is 6.20 Å². The summed E-state index contributed by atoms with van der Waals surface area (Å²) >= 11 is 0. The summed E-state index contributed by atoms with van der Waals surface area (Å²) in [6.45, 7) is -0.675. The molecule has 0 aliphatic carbocycles. The molecule has 0 amide bonds. The molecule has 3 rings (SSSR count). The van der Waals surface area contributed by atoms with Crippen LogP contribution in [0.1, 0.15) is 6.23 Å². The van der Waals surface area contributed by atoms with E-state index in [1.807, 2.05) is 0 Å². The van der Waals surface area contributed by atoms with Gasteiger partial charge in [-0.2, -0.15) is 0 Å². The van der Waals surface area contributed by atoms with Crippen LogP contribution in [0.15, 0.2) is 47.4 Å². The zero-order valence-electron chi connectivity index (χ0n) is 13.7. The predicted octanol–water partition coefficient (Wildman–Crippen LogP) is -0.868. The van der Waals surface area contributed by atoms with Crippen molar-refractivity contribution in [3.05, 3.63) is 53.1 Å². The van der Waals surface area contributed by atoms with Crippen LogP contribution in [0.2, 0.25) is 0 Å². The SMILES string of the molecule is O=c1nc([O-])ccn1[C@@H]1O[C@H](CO)[C@@H](OP(=O)(O)Oc2ccccc2)[C@H]1O. The number of phosphoric acid groups is 1. The van der Waals surface area contributed by atoms with Crippen molar-refractivity contribution >= 4 is 7.82 Å². The number of para-hydroxylation sites is 1. The van der Waals surface area contributed by atoms with Gasteiger partial charge in [-0.1, -0.05) is 18.2 Å². The van der Waals surface area contributed by atoms with Crippen molar-refractivity contribution in [3.63, 3.8) is 0 Å². The van der Waals surface area contributed by atoms with Gasteiger partial charge in [-0.3, -0.25) is 14.0 Å². The maximum atomic E-state index is 12.2. The summed E-state index contributed by atoms with van der Waals surface area (Å²) < 4.78 is 28.3. The average Bonchev–Trinajstić information content (AvgIpc) is 2.91. The van der Waals surface area contributed by atoms with Gasteiger partial charge in [-0.05, 0) is 24.1 Å². The molecule has 146 valence electrons. The molecule has 0 saturated carbocycles. The summed E-state index contributed by atoms with van der Waals surface area (Å²) in [6.07, 6.45) is -4.67. The fourth-order valence-electron chi connectivity index (χ4n) is 2.61. The van der Waals surface area contributed by atoms with Crippen LogP contribution in [0, 0.1) is 0 Å². The molecule has 3 N–H and O–H groups in total. The lowest BCUT2D eigenvalue weighted by molar-refractivity contribution is -0.275. The smallest absolute Gasteiger partial charge is 0.527 e. The molecule has 1 aromatic heterocycles. The van der Waals surface area contributed by atoms with E-state index in [-0.39, 0.29) is 5.75 Å². The highest BCUT2D eigenvalue weighted by atomic mass is 31.2. The van der Waals surface area contributed by atoms with Crippen molar-refractivity contribution in [2.24, 2.45) is 0 Å². The van der Waals surface area contributed by atoms with E-state index >= 15 is 0 Å². The Balaban J connectivity index is 1.80. The third-order valence-corrected chi connectivity index (χ3v) is 4.74. The summed E-state index contributed by atoms with van der Waals surface area (Å²) in [6, 6.07) is 8.67. The Morgan fingerprint density at radius 3 is 2.63 bits per heavy atom. The quantitative estimate of drug-likeness (QED) is 0.520. The molecular weight excluding hydrogens is 383 g/mol. The average molecular weight is 399 g/mol. The predicted molar refractivity (Wildman–Crippen MR) is 86.7 cm³/mol. The Morgan fingerprint density at radius 2 is 2.00 bits per heavy atom. The first kappa shape index (κ1) is 19.5. The van der Waals surface area contributed by atoms with Crippen LogP contribution in [0.3, 0.4) is 0 Å². The van der Waals surface area contributed by atoms with Gasteiger partial charge in [0.15, 0.2) is 6.23 Å². The molecule has 0 bridgehead atoms. The monoisotopic (exact) mass is 399 g/mol. The van der Waals surface area contributed by atoms with Crippen molar-refractivity contribution in [1.29, 1.82) is 0 Å². The second kappa shape index (κ2) is 7.77. The van der Waals surface area contributed by atoms with Crippen molar-refractivity contribution in [2.75, 3.05) is 6.61 Å². The zero-order chi connectivity index (χ0) is 19.6. The lowest BCUT2D eigenvalue weighted by Crippen LogP contribution is -2.37. The topological polar surface area (TPSA) is 163 Å². The number of nitrogens with zero attached hydrogens (tertiary/aromatic N) is 2. The number of phosphoric ester groups is 1. The first-order valence-corrected chi connectivity index (χ1v) is 9.27. The van der Waals surface area contributed by atoms with Crippen LogP contribution >= 0.6 is 7.82 Å². The summed E-state index contributed by atoms with van der Waals surface area (Å²) in [4.78, 5) is 25.0. The molecule has 1 unspecified atom stereocenters. The number of rotatable bonds is 6. The van der Waals surface area contributed by atoms with Gasteiger partial charge in [0.1, 0.15) is 24.1 Å². The highest BCUT2D eigenvalue weighted by molar-refractivity contribution is 7.47. The number of benzene rings is 1. The van der Waals surface area contributed by atoms with E-state index in [9.17, 15) is 29.6 Å². The molecule has 12 heteroatoms. The number of ether oxygens (including phenoxy) is 1. The van der Waals surface area contributed by atoms with Gasteiger partial charge < -0.3 is 24.6 Å². The summed E-state index contributed by atoms with van der Waals surface area (Å²) in [5, 5.41) is 31.0. The summed E-state index contributed by atoms with van der Waals surface area (Å²) in [7, 11) is -4.69. The second-order valence-electron chi connectivity index (χ2n) is 5.64. The third kappa shape index (κ3) is 4.35. The molecule has 1 aromatic carbocycles. The van der Waals surface area contributed by atoms with E-state index in [0.29, 0.717) is 0 Å². The number of hydrogen-bond acceptors (Lipinski definition) is 9. The fourth-order valence-corrected chi connectivity index (χ4v) is 3.61. The molecule has 11 nitrogen and oxygen atoms in total. The minimum atomic E-state index is -4.69. The molecular formula is C15H16N2O9P-. The van der Waals surface area contributed by atoms with Gasteiger partial charge >= 0.3 is 13.5 Å². The van der Waals surface area contributed by atoms with Crippen LogP contribution in [-0.2, 0) is 13.8 Å². The lowest BCUT2D eigenvalue weighted by Gasteiger charge is -2.22. The molecule has 1 saturated heterocycles.